The van der Waals surface area contributed by atoms with Crippen molar-refractivity contribution in [2.24, 2.45) is 5.92 Å². The molecule has 0 saturated carbocycles. The molecule has 8 heteroatoms. The maximum Gasteiger partial charge on any atom is 0.275 e. The third-order valence-corrected chi connectivity index (χ3v) is 7.18. The number of nitrogens with zero attached hydrogens (tertiary/aromatic N) is 3. The molecule has 4 unspecified atom stereocenters. The average molecular weight is 539 g/mol. The predicted octanol–water partition coefficient (Wildman–Crippen LogP) is 5.28. The Labute approximate surface area is 234 Å². The maximum absolute atomic E-state index is 12.8. The van der Waals surface area contributed by atoms with Crippen molar-refractivity contribution >= 4 is 22.6 Å². The third kappa shape index (κ3) is 6.26. The van der Waals surface area contributed by atoms with Crippen LogP contribution in [0.1, 0.15) is 46.5 Å². The molecule has 206 valence electrons. The number of nitrogens with one attached hydrogen (secondary N) is 1. The van der Waals surface area contributed by atoms with Gasteiger partial charge in [-0.2, -0.15) is 0 Å². The number of fused-ring (bicyclic) bond motifs is 1. The number of anilines is 1. The van der Waals surface area contributed by atoms with Crippen molar-refractivity contribution < 1.29 is 19.4 Å². The van der Waals surface area contributed by atoms with Gasteiger partial charge in [0.2, 0.25) is 0 Å². The summed E-state index contributed by atoms with van der Waals surface area (Å²) in [7, 11) is 2.05. The molecule has 4 atom stereocenters. The minimum absolute atomic E-state index is 0.00159. The van der Waals surface area contributed by atoms with Crippen molar-refractivity contribution in [2.75, 3.05) is 25.5 Å². The molecule has 0 radical (unpaired) electrons. The first kappa shape index (κ1) is 27.6. The Balaban J connectivity index is 1.33. The fourth-order valence-corrected chi connectivity index (χ4v) is 4.92. The number of para-hydroxylation sites is 2. The summed E-state index contributed by atoms with van der Waals surface area (Å²) in [5.41, 5.74) is 5.03. The molecule has 40 heavy (non-hydrogen) atoms. The molecule has 0 bridgehead atoms. The van der Waals surface area contributed by atoms with Gasteiger partial charge < -0.3 is 24.8 Å². The van der Waals surface area contributed by atoms with Gasteiger partial charge in [-0.1, -0.05) is 61.5 Å². The lowest BCUT2D eigenvalue weighted by Gasteiger charge is -2.42. The zero-order valence-electron chi connectivity index (χ0n) is 22.7. The first-order valence-electron chi connectivity index (χ1n) is 13.4. The molecule has 4 aromatic rings. The van der Waals surface area contributed by atoms with Crippen LogP contribution in [-0.4, -0.2) is 52.1 Å². The van der Waals surface area contributed by atoms with Gasteiger partial charge in [-0.25, -0.2) is 4.98 Å². The van der Waals surface area contributed by atoms with Crippen molar-refractivity contribution in [1.29, 1.82) is 0 Å². The van der Waals surface area contributed by atoms with Crippen LogP contribution in [-0.2, 0) is 16.1 Å². The standard InChI is InChI=1S/C32H34N4O4/c1-4-17-36(3)19-29-21(2)30(23-11-9-22(20-37)10-12-23)40-32(39-29)24-13-15-25(16-14-24)34-31(38)28-18-33-26-7-5-6-8-27(26)35-28/h4-16,18,21,29-30,32,37H,1,17,19-20H2,2-3H3,(H,34,38). The summed E-state index contributed by atoms with van der Waals surface area (Å²) in [5, 5.41) is 12.4. The summed E-state index contributed by atoms with van der Waals surface area (Å²) in [6, 6.07) is 22.8. The van der Waals surface area contributed by atoms with Gasteiger partial charge in [0.25, 0.3) is 5.91 Å². The molecule has 2 heterocycles. The summed E-state index contributed by atoms with van der Waals surface area (Å²) < 4.78 is 13.0. The predicted molar refractivity (Wildman–Crippen MR) is 155 cm³/mol. The molecular formula is C32H34N4O4. The van der Waals surface area contributed by atoms with Crippen LogP contribution < -0.4 is 5.32 Å². The summed E-state index contributed by atoms with van der Waals surface area (Å²) in [4.78, 5) is 23.8. The highest BCUT2D eigenvalue weighted by molar-refractivity contribution is 6.03. The van der Waals surface area contributed by atoms with E-state index in [4.69, 9.17) is 9.47 Å². The molecule has 1 amide bonds. The molecule has 1 aliphatic heterocycles. The van der Waals surface area contributed by atoms with Gasteiger partial charge >= 0.3 is 0 Å². The van der Waals surface area contributed by atoms with E-state index in [1.807, 2.05) is 85.9 Å². The monoisotopic (exact) mass is 538 g/mol. The van der Waals surface area contributed by atoms with Gasteiger partial charge in [-0.15, -0.1) is 6.58 Å². The Bertz CT molecular complexity index is 1460. The van der Waals surface area contributed by atoms with Crippen LogP contribution in [0.25, 0.3) is 11.0 Å². The van der Waals surface area contributed by atoms with E-state index < -0.39 is 6.29 Å². The Kier molecular flexibility index (Phi) is 8.62. The number of likely N-dealkylation sites (N-methyl/N-ethyl adjacent to an activating group) is 1. The minimum Gasteiger partial charge on any atom is -0.392 e. The van der Waals surface area contributed by atoms with Gasteiger partial charge in [0.1, 0.15) is 5.69 Å². The number of aliphatic hydroxyl groups excluding tert-OH is 1. The highest BCUT2D eigenvalue weighted by atomic mass is 16.7. The van der Waals surface area contributed by atoms with Crippen molar-refractivity contribution in [2.45, 2.75) is 32.0 Å². The second-order valence-electron chi connectivity index (χ2n) is 10.2. The van der Waals surface area contributed by atoms with Gasteiger partial charge in [0.15, 0.2) is 6.29 Å². The first-order chi connectivity index (χ1) is 19.4. The van der Waals surface area contributed by atoms with Crippen LogP contribution in [0.15, 0.2) is 91.6 Å². The van der Waals surface area contributed by atoms with Crippen LogP contribution in [0, 0.1) is 5.92 Å². The summed E-state index contributed by atoms with van der Waals surface area (Å²) in [6.45, 7) is 7.46. The highest BCUT2D eigenvalue weighted by Crippen LogP contribution is 2.42. The lowest BCUT2D eigenvalue weighted by atomic mass is 9.90. The number of carbonyl (C=O) groups is 1. The van der Waals surface area contributed by atoms with Gasteiger partial charge in [-0.05, 0) is 42.4 Å². The Morgan fingerprint density at radius 1 is 1.02 bits per heavy atom. The summed E-state index contributed by atoms with van der Waals surface area (Å²) >= 11 is 0. The fourth-order valence-electron chi connectivity index (χ4n) is 4.92. The number of amides is 1. The topological polar surface area (TPSA) is 96.8 Å². The second kappa shape index (κ2) is 12.5. The van der Waals surface area contributed by atoms with Crippen LogP contribution in [0.5, 0.6) is 0 Å². The average Bonchev–Trinajstić information content (AvgIpc) is 2.98. The second-order valence-corrected chi connectivity index (χ2v) is 10.2. The lowest BCUT2D eigenvalue weighted by Crippen LogP contribution is -2.43. The van der Waals surface area contributed by atoms with E-state index in [1.54, 1.807) is 0 Å². The van der Waals surface area contributed by atoms with Gasteiger partial charge in [0.05, 0.1) is 36.0 Å². The van der Waals surface area contributed by atoms with E-state index in [-0.39, 0.29) is 36.3 Å². The van der Waals surface area contributed by atoms with Crippen LogP contribution >= 0.6 is 0 Å². The normalized spacial score (nSPS) is 20.9. The third-order valence-electron chi connectivity index (χ3n) is 7.18. The molecule has 0 spiro atoms. The van der Waals surface area contributed by atoms with E-state index in [9.17, 15) is 9.90 Å². The molecule has 3 aromatic carbocycles. The molecule has 1 fully saturated rings. The molecular weight excluding hydrogens is 504 g/mol. The van der Waals surface area contributed by atoms with E-state index in [0.29, 0.717) is 11.2 Å². The zero-order valence-corrected chi connectivity index (χ0v) is 22.7. The first-order valence-corrected chi connectivity index (χ1v) is 13.4. The zero-order chi connectivity index (χ0) is 28.1. The van der Waals surface area contributed by atoms with Crippen LogP contribution in [0.2, 0.25) is 0 Å². The summed E-state index contributed by atoms with van der Waals surface area (Å²) in [6.07, 6.45) is 2.49. The lowest BCUT2D eigenvalue weighted by molar-refractivity contribution is -0.275. The van der Waals surface area contributed by atoms with Crippen LogP contribution in [0.3, 0.4) is 0 Å². The molecule has 2 N–H and O–H groups in total. The molecule has 1 saturated heterocycles. The molecule has 5 rings (SSSR count). The van der Waals surface area contributed by atoms with Crippen molar-refractivity contribution in [3.8, 4) is 0 Å². The summed E-state index contributed by atoms with van der Waals surface area (Å²) in [5.74, 6) is -0.244. The number of carbonyl (C=O) groups excluding carboxylic acids is 1. The molecule has 0 aliphatic carbocycles. The largest absolute Gasteiger partial charge is 0.392 e. The van der Waals surface area contributed by atoms with E-state index in [0.717, 1.165) is 35.3 Å². The van der Waals surface area contributed by atoms with Crippen LogP contribution in [0.4, 0.5) is 5.69 Å². The maximum atomic E-state index is 12.8. The number of benzene rings is 3. The van der Waals surface area contributed by atoms with Crippen molar-refractivity contribution in [3.63, 3.8) is 0 Å². The Hall–Kier alpha value is -3.95. The van der Waals surface area contributed by atoms with E-state index in [1.165, 1.54) is 6.20 Å². The quantitative estimate of drug-likeness (QED) is 0.280. The minimum atomic E-state index is -0.586. The van der Waals surface area contributed by atoms with E-state index in [2.05, 4.69) is 33.7 Å². The van der Waals surface area contributed by atoms with E-state index >= 15 is 0 Å². The fraction of sp³-hybridized carbons (Fsp3) is 0.281. The SMILES string of the molecule is C=CCN(C)CC1OC(c2ccc(NC(=O)c3cnc4ccccc4n3)cc2)OC(c2ccc(CO)cc2)C1C. The molecule has 1 aliphatic rings. The number of rotatable bonds is 9. The number of aliphatic hydroxyl groups is 1. The Morgan fingerprint density at radius 3 is 2.42 bits per heavy atom. The van der Waals surface area contributed by atoms with Crippen molar-refractivity contribution in [1.82, 2.24) is 14.9 Å². The number of ether oxygens (including phenoxy) is 2. The number of hydrogen-bond acceptors (Lipinski definition) is 7. The highest BCUT2D eigenvalue weighted by Gasteiger charge is 2.38. The smallest absolute Gasteiger partial charge is 0.275 e. The molecule has 1 aromatic heterocycles. The number of hydrogen-bond donors (Lipinski definition) is 2. The van der Waals surface area contributed by atoms with Gasteiger partial charge in [0, 0.05) is 30.3 Å². The Morgan fingerprint density at radius 2 is 1.73 bits per heavy atom. The van der Waals surface area contributed by atoms with Gasteiger partial charge in [-0.3, -0.25) is 9.78 Å². The van der Waals surface area contributed by atoms with Crippen molar-refractivity contribution in [3.05, 3.63) is 114 Å². The number of aromatic nitrogens is 2. The molecule has 8 nitrogen and oxygen atoms in total.